The molecular formula is C17H36N2O8P2. The van der Waals surface area contributed by atoms with E-state index >= 15 is 0 Å². The number of unbranched alkanes of at least 4 members (excludes halogenated alkanes) is 12. The molecule has 172 valence electrons. The van der Waals surface area contributed by atoms with Gasteiger partial charge in [-0.2, -0.15) is 0 Å². The van der Waals surface area contributed by atoms with Crippen molar-refractivity contribution in [2.45, 2.75) is 96.3 Å². The molecule has 0 saturated carbocycles. The summed E-state index contributed by atoms with van der Waals surface area (Å²) in [5.41, 5.74) is -0.887. The Hall–Kier alpha value is -0.760. The van der Waals surface area contributed by atoms with Crippen molar-refractivity contribution in [3.63, 3.8) is 0 Å². The minimum atomic E-state index is -4.42. The van der Waals surface area contributed by atoms with Gasteiger partial charge in [-0.1, -0.05) is 80.9 Å². The first-order chi connectivity index (χ1) is 13.6. The van der Waals surface area contributed by atoms with E-state index in [4.69, 9.17) is 30.0 Å². The minimum absolute atomic E-state index is 0.119. The zero-order valence-corrected chi connectivity index (χ0v) is 18.7. The van der Waals surface area contributed by atoms with Gasteiger partial charge in [0.2, 0.25) is 0 Å². The maximum atomic E-state index is 11.0. The first-order valence-electron chi connectivity index (χ1n) is 10.2. The van der Waals surface area contributed by atoms with E-state index in [-0.39, 0.29) is 12.8 Å². The van der Waals surface area contributed by atoms with Crippen molar-refractivity contribution in [1.82, 2.24) is 0 Å². The molecule has 6 N–H and O–H groups in total. The van der Waals surface area contributed by atoms with Crippen molar-refractivity contribution in [2.24, 2.45) is 10.3 Å². The number of nitrogens with zero attached hydrogens (tertiary/aromatic N) is 2. The monoisotopic (exact) mass is 458 g/mol. The molecule has 0 heterocycles. The van der Waals surface area contributed by atoms with Gasteiger partial charge in [-0.05, 0) is 12.8 Å². The van der Waals surface area contributed by atoms with Crippen LogP contribution in [-0.2, 0) is 9.13 Å². The van der Waals surface area contributed by atoms with Crippen molar-refractivity contribution in [2.75, 3.05) is 0 Å². The predicted octanol–water partition coefficient (Wildman–Crippen LogP) is 4.77. The van der Waals surface area contributed by atoms with Gasteiger partial charge in [0.25, 0.3) is 0 Å². The topological polar surface area (TPSA) is 180 Å². The van der Waals surface area contributed by atoms with Gasteiger partial charge in [0.15, 0.2) is 10.9 Å². The summed E-state index contributed by atoms with van der Waals surface area (Å²) < 4.78 is 21.9. The molecule has 0 aromatic rings. The van der Waals surface area contributed by atoms with Gasteiger partial charge in [-0.15, -0.1) is 0 Å². The van der Waals surface area contributed by atoms with Crippen molar-refractivity contribution >= 4 is 26.1 Å². The lowest BCUT2D eigenvalue weighted by Crippen LogP contribution is -1.99. The van der Waals surface area contributed by atoms with Crippen LogP contribution in [0.5, 0.6) is 0 Å². The van der Waals surface area contributed by atoms with Crippen molar-refractivity contribution < 1.29 is 39.1 Å². The largest absolute Gasteiger partial charge is 0.410 e. The van der Waals surface area contributed by atoms with Crippen LogP contribution >= 0.6 is 15.2 Å². The number of hydrogen-bond acceptors (Lipinski definition) is 6. The third-order valence-corrected chi connectivity index (χ3v) is 6.68. The fourth-order valence-corrected chi connectivity index (χ4v) is 4.15. The minimum Gasteiger partial charge on any atom is -0.410 e. The molecule has 0 aliphatic carbocycles. The highest BCUT2D eigenvalue weighted by atomic mass is 31.2. The molecule has 0 saturated heterocycles. The molecule has 0 aliphatic heterocycles. The van der Waals surface area contributed by atoms with E-state index in [0.29, 0.717) is 12.8 Å². The molecule has 10 nitrogen and oxygen atoms in total. The number of oxime groups is 2. The molecule has 0 bridgehead atoms. The lowest BCUT2D eigenvalue weighted by atomic mass is 10.0. The summed E-state index contributed by atoms with van der Waals surface area (Å²) in [6.07, 6.45) is 13.0. The van der Waals surface area contributed by atoms with Crippen LogP contribution in [0.25, 0.3) is 0 Å². The van der Waals surface area contributed by atoms with Gasteiger partial charge in [0, 0.05) is 12.8 Å². The highest BCUT2D eigenvalue weighted by Gasteiger charge is 2.23. The summed E-state index contributed by atoms with van der Waals surface area (Å²) in [6, 6.07) is 0. The molecule has 12 heteroatoms. The Morgan fingerprint density at radius 2 is 0.690 bits per heavy atom. The summed E-state index contributed by atoms with van der Waals surface area (Å²) in [6.45, 7) is 0. The molecule has 0 atom stereocenters. The normalized spacial score (nSPS) is 13.8. The van der Waals surface area contributed by atoms with E-state index in [0.717, 1.165) is 64.2 Å². The quantitative estimate of drug-likeness (QED) is 0.0558. The summed E-state index contributed by atoms with van der Waals surface area (Å²) >= 11 is 0. The van der Waals surface area contributed by atoms with E-state index in [2.05, 4.69) is 10.3 Å². The lowest BCUT2D eigenvalue weighted by molar-refractivity contribution is 0.314. The SMILES string of the molecule is O=P(O)(O)C(CCCCCCCCCCCCCCCC(=NO)P(=O)(O)O)=NO. The Balaban J connectivity index is 3.42. The van der Waals surface area contributed by atoms with E-state index in [1.807, 2.05) is 0 Å². The Kier molecular flexibility index (Phi) is 15.6. The summed E-state index contributed by atoms with van der Waals surface area (Å²) in [7, 11) is -8.84. The van der Waals surface area contributed by atoms with Crippen LogP contribution in [-0.4, -0.2) is 40.9 Å². The van der Waals surface area contributed by atoms with E-state index in [1.54, 1.807) is 0 Å². The molecule has 0 aliphatic rings. The van der Waals surface area contributed by atoms with Crippen molar-refractivity contribution in [3.05, 3.63) is 0 Å². The molecule has 0 unspecified atom stereocenters. The van der Waals surface area contributed by atoms with Crippen molar-refractivity contribution in [1.29, 1.82) is 0 Å². The van der Waals surface area contributed by atoms with Gasteiger partial charge in [-0.25, -0.2) is 0 Å². The van der Waals surface area contributed by atoms with Gasteiger partial charge in [0.05, 0.1) is 0 Å². The van der Waals surface area contributed by atoms with Gasteiger partial charge in [0.1, 0.15) is 0 Å². The zero-order chi connectivity index (χ0) is 22.2. The molecular weight excluding hydrogens is 422 g/mol. The smallest absolute Gasteiger partial charge is 0.373 e. The summed E-state index contributed by atoms with van der Waals surface area (Å²) in [5.74, 6) is 0. The Bertz CT molecular complexity index is 536. The highest BCUT2D eigenvalue weighted by Crippen LogP contribution is 2.39. The molecule has 0 aromatic heterocycles. The highest BCUT2D eigenvalue weighted by molar-refractivity contribution is 7.70. The van der Waals surface area contributed by atoms with Crippen LogP contribution in [0.3, 0.4) is 0 Å². The first-order valence-corrected chi connectivity index (χ1v) is 13.4. The van der Waals surface area contributed by atoms with Crippen molar-refractivity contribution in [3.8, 4) is 0 Å². The Morgan fingerprint density at radius 3 is 0.862 bits per heavy atom. The summed E-state index contributed by atoms with van der Waals surface area (Å²) in [4.78, 5) is 35.7. The average molecular weight is 458 g/mol. The lowest BCUT2D eigenvalue weighted by Gasteiger charge is -2.06. The number of hydrogen-bond donors (Lipinski definition) is 6. The Morgan fingerprint density at radius 1 is 0.483 bits per heavy atom. The second kappa shape index (κ2) is 16.0. The maximum absolute atomic E-state index is 11.0. The van der Waals surface area contributed by atoms with Gasteiger partial charge in [-0.3, -0.25) is 9.13 Å². The predicted molar refractivity (Wildman–Crippen MR) is 112 cm³/mol. The molecule has 0 amide bonds. The third-order valence-electron chi connectivity index (χ3n) is 4.70. The zero-order valence-electron chi connectivity index (χ0n) is 16.9. The van der Waals surface area contributed by atoms with E-state index in [9.17, 15) is 9.13 Å². The molecule has 0 rings (SSSR count). The standard InChI is InChI=1S/C17H36N2O8P2/c20-18-16(28(22,23)24)14-12-10-8-6-4-2-1-3-5-7-9-11-13-15-17(19-21)29(25,26)27/h20-21H,1-15H2,(H2,22,23,24)(H2,25,26,27). The molecule has 0 aromatic carbocycles. The molecule has 0 fully saturated rings. The molecule has 0 spiro atoms. The third kappa shape index (κ3) is 15.7. The summed E-state index contributed by atoms with van der Waals surface area (Å²) in [5, 5.41) is 22.5. The second-order valence-electron chi connectivity index (χ2n) is 7.22. The van der Waals surface area contributed by atoms with Crippen LogP contribution in [0.1, 0.15) is 96.3 Å². The van der Waals surface area contributed by atoms with Crippen LogP contribution in [0.4, 0.5) is 0 Å². The van der Waals surface area contributed by atoms with Crippen LogP contribution < -0.4 is 0 Å². The Labute approximate surface area is 172 Å². The van der Waals surface area contributed by atoms with Crippen LogP contribution in [0, 0.1) is 0 Å². The molecule has 29 heavy (non-hydrogen) atoms. The van der Waals surface area contributed by atoms with Gasteiger partial charge >= 0.3 is 15.2 Å². The average Bonchev–Trinajstić information content (AvgIpc) is 2.62. The fourth-order valence-electron chi connectivity index (χ4n) is 3.02. The fraction of sp³-hybridized carbons (Fsp3) is 0.882. The van der Waals surface area contributed by atoms with E-state index < -0.39 is 26.1 Å². The van der Waals surface area contributed by atoms with Gasteiger partial charge < -0.3 is 30.0 Å². The maximum Gasteiger partial charge on any atom is 0.373 e. The van der Waals surface area contributed by atoms with Crippen LogP contribution in [0.2, 0.25) is 0 Å². The van der Waals surface area contributed by atoms with E-state index in [1.165, 1.54) is 6.42 Å². The first kappa shape index (κ1) is 28.2. The van der Waals surface area contributed by atoms with Crippen LogP contribution in [0.15, 0.2) is 10.3 Å². The molecule has 0 radical (unpaired) electrons. The second-order valence-corrected chi connectivity index (χ2v) is 10.4. The number of rotatable bonds is 18.